The van der Waals surface area contributed by atoms with E-state index in [1.807, 2.05) is 0 Å². The highest BCUT2D eigenvalue weighted by atomic mass is 15.1. The molecule has 0 aliphatic carbocycles. The molecule has 45 heavy (non-hydrogen) atoms. The van der Waals surface area contributed by atoms with Gasteiger partial charge in [-0.1, -0.05) is 115 Å². The molecule has 0 spiro atoms. The molecule has 10 aromatic rings. The van der Waals surface area contributed by atoms with Crippen LogP contribution in [0.5, 0.6) is 0 Å². The van der Waals surface area contributed by atoms with Crippen LogP contribution in [0.1, 0.15) is 0 Å². The summed E-state index contributed by atoms with van der Waals surface area (Å²) in [5.74, 6) is 0. The van der Waals surface area contributed by atoms with Gasteiger partial charge >= 0.3 is 0 Å². The molecule has 0 aliphatic rings. The molecule has 0 amide bonds. The molecule has 10 rings (SSSR count). The van der Waals surface area contributed by atoms with E-state index in [4.69, 9.17) is 0 Å². The normalized spacial score (nSPS) is 12.0. The second-order valence-corrected chi connectivity index (χ2v) is 11.9. The molecule has 4 aromatic heterocycles. The van der Waals surface area contributed by atoms with Gasteiger partial charge < -0.3 is 4.40 Å². The monoisotopic (exact) mass is 573 g/mol. The highest BCUT2D eigenvalue weighted by Gasteiger charge is 2.23. The fourth-order valence-corrected chi connectivity index (χ4v) is 7.39. The van der Waals surface area contributed by atoms with E-state index in [9.17, 15) is 0 Å². The van der Waals surface area contributed by atoms with Crippen LogP contribution >= 0.6 is 0 Å². The summed E-state index contributed by atoms with van der Waals surface area (Å²) in [4.78, 5) is 0. The van der Waals surface area contributed by atoms with Gasteiger partial charge in [0.25, 0.3) is 0 Å². The lowest BCUT2D eigenvalue weighted by molar-refractivity contribution is 1.11. The van der Waals surface area contributed by atoms with Crippen molar-refractivity contribution in [1.82, 2.24) is 13.4 Å². The molecule has 3 nitrogen and oxygen atoms in total. The Bertz CT molecular complexity index is 2680. The van der Waals surface area contributed by atoms with Crippen LogP contribution in [0.2, 0.25) is 0 Å². The van der Waals surface area contributed by atoms with Gasteiger partial charge in [0.2, 0.25) is 0 Å². The Morgan fingerprint density at radius 3 is 1.44 bits per heavy atom. The van der Waals surface area contributed by atoms with Crippen LogP contribution in [-0.4, -0.2) is 13.4 Å². The predicted molar refractivity (Wildman–Crippen MR) is 189 cm³/mol. The maximum atomic E-state index is 2.48. The quantitative estimate of drug-likeness (QED) is 0.200. The number of nitrogens with zero attached hydrogens (tertiary/aromatic N) is 3. The Balaban J connectivity index is 1.46. The Hall–Kier alpha value is -6.06. The average Bonchev–Trinajstić information content (AvgIpc) is 3.79. The average molecular weight is 574 g/mol. The number of para-hydroxylation sites is 3. The topological polar surface area (TPSA) is 13.8 Å². The maximum absolute atomic E-state index is 2.48. The first-order chi connectivity index (χ1) is 22.3. The van der Waals surface area contributed by atoms with Gasteiger partial charge in [-0.25, -0.2) is 0 Å². The second kappa shape index (κ2) is 9.22. The van der Waals surface area contributed by atoms with E-state index >= 15 is 0 Å². The largest absolute Gasteiger partial charge is 0.304 e. The number of hydrogen-bond donors (Lipinski definition) is 0. The Morgan fingerprint density at radius 1 is 0.333 bits per heavy atom. The Labute approximate surface area is 259 Å². The van der Waals surface area contributed by atoms with Crippen molar-refractivity contribution in [3.05, 3.63) is 164 Å². The number of hydrogen-bond acceptors (Lipinski definition) is 0. The third kappa shape index (κ3) is 3.46. The van der Waals surface area contributed by atoms with Gasteiger partial charge in [0.1, 0.15) is 5.65 Å². The lowest BCUT2D eigenvalue weighted by Gasteiger charge is -2.15. The summed E-state index contributed by atoms with van der Waals surface area (Å²) in [6.07, 6.45) is 0. The van der Waals surface area contributed by atoms with E-state index in [2.05, 4.69) is 177 Å². The highest BCUT2D eigenvalue weighted by molar-refractivity contribution is 6.14. The molecule has 0 aliphatic heterocycles. The number of rotatable bonds is 3. The third-order valence-electron chi connectivity index (χ3n) is 9.33. The van der Waals surface area contributed by atoms with E-state index < -0.39 is 0 Å². The van der Waals surface area contributed by atoms with E-state index in [1.54, 1.807) is 0 Å². The predicted octanol–water partition coefficient (Wildman–Crippen LogP) is 10.9. The molecule has 0 bridgehead atoms. The molecule has 0 fully saturated rings. The first kappa shape index (κ1) is 24.4. The second-order valence-electron chi connectivity index (χ2n) is 11.9. The summed E-state index contributed by atoms with van der Waals surface area (Å²) >= 11 is 0. The maximum Gasteiger partial charge on any atom is 0.148 e. The van der Waals surface area contributed by atoms with Gasteiger partial charge in [-0.05, 0) is 70.8 Å². The zero-order chi connectivity index (χ0) is 29.5. The van der Waals surface area contributed by atoms with Crippen molar-refractivity contribution >= 4 is 54.9 Å². The van der Waals surface area contributed by atoms with E-state index in [0.29, 0.717) is 0 Å². The molecule has 0 radical (unpaired) electrons. The van der Waals surface area contributed by atoms with Crippen LogP contribution < -0.4 is 0 Å². The van der Waals surface area contributed by atoms with Gasteiger partial charge in [-0.2, -0.15) is 0 Å². The van der Waals surface area contributed by atoms with Crippen molar-refractivity contribution in [1.29, 1.82) is 0 Å². The molecule has 4 heterocycles. The minimum Gasteiger partial charge on any atom is -0.304 e. The van der Waals surface area contributed by atoms with Gasteiger partial charge in [0.15, 0.2) is 0 Å². The van der Waals surface area contributed by atoms with Crippen molar-refractivity contribution in [3.8, 4) is 27.9 Å². The van der Waals surface area contributed by atoms with Crippen LogP contribution in [-0.2, 0) is 0 Å². The number of fused-ring (bicyclic) bond motifs is 12. The molecule has 0 N–H and O–H groups in total. The molecule has 210 valence electrons. The first-order valence-corrected chi connectivity index (χ1v) is 15.5. The van der Waals surface area contributed by atoms with Crippen molar-refractivity contribution in [2.24, 2.45) is 0 Å². The summed E-state index contributed by atoms with van der Waals surface area (Å²) in [5.41, 5.74) is 14.3. The molecule has 0 saturated carbocycles. The molecular formula is C42H27N3. The first-order valence-electron chi connectivity index (χ1n) is 15.5. The van der Waals surface area contributed by atoms with Crippen LogP contribution in [0.3, 0.4) is 0 Å². The van der Waals surface area contributed by atoms with Crippen LogP contribution in [0.4, 0.5) is 0 Å². The molecule has 0 unspecified atom stereocenters. The zero-order valence-corrected chi connectivity index (χ0v) is 24.4. The van der Waals surface area contributed by atoms with Gasteiger partial charge in [-0.3, -0.25) is 8.97 Å². The smallest absolute Gasteiger partial charge is 0.148 e. The van der Waals surface area contributed by atoms with Gasteiger partial charge in [-0.15, -0.1) is 0 Å². The molecule has 0 atom stereocenters. The lowest BCUT2D eigenvalue weighted by Crippen LogP contribution is -2.02. The fraction of sp³-hybridized carbons (Fsp3) is 0. The Kier molecular flexibility index (Phi) is 5.00. The molecule has 0 saturated heterocycles. The van der Waals surface area contributed by atoms with Gasteiger partial charge in [0, 0.05) is 21.8 Å². The highest BCUT2D eigenvalue weighted by Crippen LogP contribution is 2.40. The summed E-state index contributed by atoms with van der Waals surface area (Å²) in [5, 5.41) is 3.70. The standard InChI is InChI=1S/C42H27N3/c1-3-13-28(14-4-1)32-23-33(29-15-5-2-6-16-29)25-34(24-32)43-38-22-12-9-19-35(38)41-42(43)45-37-21-11-8-18-31(37)27-40(45)39-26-30-17-7-10-20-36(30)44(39)41/h1-27H. The zero-order valence-electron chi connectivity index (χ0n) is 24.4. The fourth-order valence-electron chi connectivity index (χ4n) is 7.39. The van der Waals surface area contributed by atoms with E-state index in [0.717, 1.165) is 11.3 Å². The number of aromatic nitrogens is 3. The summed E-state index contributed by atoms with van der Waals surface area (Å²) < 4.78 is 7.45. The van der Waals surface area contributed by atoms with E-state index in [-0.39, 0.29) is 0 Å². The molecule has 6 aromatic carbocycles. The van der Waals surface area contributed by atoms with Crippen molar-refractivity contribution < 1.29 is 0 Å². The Morgan fingerprint density at radius 2 is 0.822 bits per heavy atom. The van der Waals surface area contributed by atoms with E-state index in [1.165, 1.54) is 71.5 Å². The van der Waals surface area contributed by atoms with Crippen LogP contribution in [0, 0.1) is 0 Å². The van der Waals surface area contributed by atoms with Crippen molar-refractivity contribution in [2.45, 2.75) is 0 Å². The summed E-state index contributed by atoms with van der Waals surface area (Å²) in [6.45, 7) is 0. The van der Waals surface area contributed by atoms with Crippen LogP contribution in [0.25, 0.3) is 82.8 Å². The lowest BCUT2D eigenvalue weighted by atomic mass is 9.98. The van der Waals surface area contributed by atoms with Crippen LogP contribution in [0.15, 0.2) is 164 Å². The number of benzene rings is 6. The SMILES string of the molecule is c1ccc(-c2cc(-c3ccccc3)cc(-n3c4ccccc4c4c3n3c5ccccc5cc3c3cc5ccccc5n34)c2)cc1. The molecular weight excluding hydrogens is 546 g/mol. The van der Waals surface area contributed by atoms with Crippen molar-refractivity contribution in [3.63, 3.8) is 0 Å². The molecule has 3 heteroatoms. The summed E-state index contributed by atoms with van der Waals surface area (Å²) in [7, 11) is 0. The van der Waals surface area contributed by atoms with Gasteiger partial charge in [0.05, 0.1) is 33.1 Å². The van der Waals surface area contributed by atoms with Crippen molar-refractivity contribution in [2.75, 3.05) is 0 Å². The third-order valence-corrected chi connectivity index (χ3v) is 9.33. The minimum atomic E-state index is 1.14. The summed E-state index contributed by atoms with van der Waals surface area (Å²) in [6, 6.07) is 59.5. The minimum absolute atomic E-state index is 1.14.